The highest BCUT2D eigenvalue weighted by molar-refractivity contribution is 5.97. The number of nitrogens with zero attached hydrogens (tertiary/aromatic N) is 1. The van der Waals surface area contributed by atoms with Gasteiger partial charge in [-0.25, -0.2) is 10.2 Å². The molecule has 0 aliphatic heterocycles. The van der Waals surface area contributed by atoms with Crippen molar-refractivity contribution in [2.75, 3.05) is 6.61 Å². The molecule has 1 heterocycles. The van der Waals surface area contributed by atoms with Crippen molar-refractivity contribution in [2.45, 2.75) is 6.92 Å². The van der Waals surface area contributed by atoms with E-state index in [-0.39, 0.29) is 5.56 Å². The predicted molar refractivity (Wildman–Crippen MR) is 95.2 cm³/mol. The van der Waals surface area contributed by atoms with Crippen LogP contribution in [0.1, 0.15) is 22.8 Å². The van der Waals surface area contributed by atoms with E-state index in [4.69, 9.17) is 9.15 Å². The number of para-hydroxylation sites is 1. The monoisotopic (exact) mass is 336 g/mol. The molecule has 0 saturated heterocycles. The molecule has 0 aliphatic rings. The van der Waals surface area contributed by atoms with Crippen LogP contribution in [0.25, 0.3) is 11.0 Å². The van der Waals surface area contributed by atoms with Crippen LogP contribution in [0.4, 0.5) is 0 Å². The first-order valence-electron chi connectivity index (χ1n) is 7.76. The molecule has 126 valence electrons. The molecule has 0 fully saturated rings. The van der Waals surface area contributed by atoms with Crippen molar-refractivity contribution in [2.24, 2.45) is 5.10 Å². The number of carbonyl (C=O) groups is 1. The average Bonchev–Trinajstić information content (AvgIpc) is 2.62. The number of carbonyl (C=O) groups excluding carboxylic acids is 1. The van der Waals surface area contributed by atoms with Gasteiger partial charge in [0.05, 0.1) is 12.8 Å². The van der Waals surface area contributed by atoms with Crippen LogP contribution in [-0.2, 0) is 0 Å². The summed E-state index contributed by atoms with van der Waals surface area (Å²) in [5.74, 6) is 0.138. The first-order valence-corrected chi connectivity index (χ1v) is 7.76. The molecule has 0 radical (unpaired) electrons. The van der Waals surface area contributed by atoms with E-state index in [1.807, 2.05) is 31.2 Å². The molecule has 6 nitrogen and oxygen atoms in total. The summed E-state index contributed by atoms with van der Waals surface area (Å²) >= 11 is 0. The van der Waals surface area contributed by atoms with Gasteiger partial charge < -0.3 is 9.15 Å². The highest BCUT2D eigenvalue weighted by Gasteiger charge is 2.12. The minimum Gasteiger partial charge on any atom is -0.494 e. The molecule has 6 heteroatoms. The molecule has 0 aliphatic carbocycles. The van der Waals surface area contributed by atoms with Gasteiger partial charge in [0, 0.05) is 5.39 Å². The van der Waals surface area contributed by atoms with Gasteiger partial charge in [0.15, 0.2) is 0 Å². The van der Waals surface area contributed by atoms with Gasteiger partial charge in [-0.2, -0.15) is 5.10 Å². The largest absolute Gasteiger partial charge is 0.494 e. The van der Waals surface area contributed by atoms with Crippen molar-refractivity contribution in [3.8, 4) is 5.75 Å². The summed E-state index contributed by atoms with van der Waals surface area (Å²) in [6.07, 6.45) is 1.48. The lowest BCUT2D eigenvalue weighted by Gasteiger charge is -2.02. The zero-order valence-electron chi connectivity index (χ0n) is 13.6. The van der Waals surface area contributed by atoms with Gasteiger partial charge in [-0.15, -0.1) is 0 Å². The molecule has 3 rings (SSSR count). The fraction of sp³-hybridized carbons (Fsp3) is 0.105. The number of benzene rings is 2. The maximum absolute atomic E-state index is 12.1. The minimum atomic E-state index is -0.701. The number of hydrogen-bond acceptors (Lipinski definition) is 5. The lowest BCUT2D eigenvalue weighted by molar-refractivity contribution is 0.0951. The first-order chi connectivity index (χ1) is 12.2. The summed E-state index contributed by atoms with van der Waals surface area (Å²) in [6, 6.07) is 15.7. The molecule has 1 amide bonds. The standard InChI is InChI=1S/C19H16N2O4/c1-2-24-15-9-7-13(8-10-15)12-20-21-18(22)16-11-14-5-3-4-6-17(14)25-19(16)23/h3-12H,2H2,1H3,(H,21,22). The third-order valence-corrected chi connectivity index (χ3v) is 3.46. The molecule has 25 heavy (non-hydrogen) atoms. The lowest BCUT2D eigenvalue weighted by atomic mass is 10.2. The summed E-state index contributed by atoms with van der Waals surface area (Å²) in [6.45, 7) is 2.51. The van der Waals surface area contributed by atoms with Gasteiger partial charge in [0.1, 0.15) is 16.9 Å². The average molecular weight is 336 g/mol. The summed E-state index contributed by atoms with van der Waals surface area (Å²) in [4.78, 5) is 24.0. The van der Waals surface area contributed by atoms with Crippen molar-refractivity contribution in [3.05, 3.63) is 76.1 Å². The van der Waals surface area contributed by atoms with Gasteiger partial charge in [0.2, 0.25) is 0 Å². The number of hydrogen-bond donors (Lipinski definition) is 1. The van der Waals surface area contributed by atoms with Crippen LogP contribution < -0.4 is 15.8 Å². The van der Waals surface area contributed by atoms with E-state index < -0.39 is 11.5 Å². The molecular formula is C19H16N2O4. The third-order valence-electron chi connectivity index (χ3n) is 3.46. The Hall–Kier alpha value is -3.41. The summed E-state index contributed by atoms with van der Waals surface area (Å²) in [5.41, 5.74) is 2.75. The molecule has 3 aromatic rings. The van der Waals surface area contributed by atoms with E-state index in [1.54, 1.807) is 24.3 Å². The van der Waals surface area contributed by atoms with Crippen LogP contribution in [-0.4, -0.2) is 18.7 Å². The Balaban J connectivity index is 1.72. The van der Waals surface area contributed by atoms with E-state index in [9.17, 15) is 9.59 Å². The summed E-state index contributed by atoms with van der Waals surface area (Å²) in [5, 5.41) is 4.54. The lowest BCUT2D eigenvalue weighted by Crippen LogP contribution is -2.24. The zero-order chi connectivity index (χ0) is 17.6. The van der Waals surface area contributed by atoms with E-state index in [1.165, 1.54) is 12.3 Å². The Kier molecular flexibility index (Phi) is 4.89. The molecule has 2 aromatic carbocycles. The van der Waals surface area contributed by atoms with Crippen LogP contribution in [0.2, 0.25) is 0 Å². The maximum Gasteiger partial charge on any atom is 0.349 e. The molecule has 0 atom stereocenters. The highest BCUT2D eigenvalue weighted by Crippen LogP contribution is 2.13. The first kappa shape index (κ1) is 16.4. The fourth-order valence-corrected chi connectivity index (χ4v) is 2.26. The van der Waals surface area contributed by atoms with Gasteiger partial charge in [-0.3, -0.25) is 4.79 Å². The topological polar surface area (TPSA) is 80.9 Å². The van der Waals surface area contributed by atoms with E-state index in [0.717, 1.165) is 11.3 Å². The van der Waals surface area contributed by atoms with Crippen LogP contribution in [0.5, 0.6) is 5.75 Å². The molecule has 1 aromatic heterocycles. The SMILES string of the molecule is CCOc1ccc(C=NNC(=O)c2cc3ccccc3oc2=O)cc1. The van der Waals surface area contributed by atoms with Crippen LogP contribution >= 0.6 is 0 Å². The maximum atomic E-state index is 12.1. The second-order valence-electron chi connectivity index (χ2n) is 5.19. The van der Waals surface area contributed by atoms with Gasteiger partial charge in [-0.1, -0.05) is 18.2 Å². The Morgan fingerprint density at radius 1 is 1.20 bits per heavy atom. The highest BCUT2D eigenvalue weighted by atomic mass is 16.5. The van der Waals surface area contributed by atoms with Crippen molar-refractivity contribution in [3.63, 3.8) is 0 Å². The second-order valence-corrected chi connectivity index (χ2v) is 5.19. The fourth-order valence-electron chi connectivity index (χ4n) is 2.26. The van der Waals surface area contributed by atoms with Crippen LogP contribution in [0.3, 0.4) is 0 Å². The van der Waals surface area contributed by atoms with Crippen molar-refractivity contribution in [1.29, 1.82) is 0 Å². The minimum absolute atomic E-state index is 0.0949. The smallest absolute Gasteiger partial charge is 0.349 e. The van der Waals surface area contributed by atoms with Gasteiger partial charge in [0.25, 0.3) is 5.91 Å². The van der Waals surface area contributed by atoms with Crippen molar-refractivity contribution < 1.29 is 13.9 Å². The Morgan fingerprint density at radius 3 is 2.72 bits per heavy atom. The third kappa shape index (κ3) is 3.92. The summed E-state index contributed by atoms with van der Waals surface area (Å²) < 4.78 is 10.5. The molecule has 0 spiro atoms. The van der Waals surface area contributed by atoms with E-state index in [2.05, 4.69) is 10.5 Å². The molecule has 0 unspecified atom stereocenters. The number of fused-ring (bicyclic) bond motifs is 1. The summed E-state index contributed by atoms with van der Waals surface area (Å²) in [7, 11) is 0. The van der Waals surface area contributed by atoms with Crippen LogP contribution in [0.15, 0.2) is 68.9 Å². The Morgan fingerprint density at radius 2 is 1.96 bits per heavy atom. The number of rotatable bonds is 5. The Labute approximate surface area is 143 Å². The molecule has 0 bridgehead atoms. The predicted octanol–water partition coefficient (Wildman–Crippen LogP) is 2.96. The second kappa shape index (κ2) is 7.44. The van der Waals surface area contributed by atoms with Crippen molar-refractivity contribution in [1.82, 2.24) is 5.43 Å². The van der Waals surface area contributed by atoms with E-state index in [0.29, 0.717) is 17.6 Å². The van der Waals surface area contributed by atoms with Crippen LogP contribution in [0, 0.1) is 0 Å². The normalized spacial score (nSPS) is 10.9. The van der Waals surface area contributed by atoms with E-state index >= 15 is 0 Å². The molecule has 0 saturated carbocycles. The van der Waals surface area contributed by atoms with Crippen molar-refractivity contribution >= 4 is 23.1 Å². The number of ether oxygens (including phenoxy) is 1. The quantitative estimate of drug-likeness (QED) is 0.441. The number of amides is 1. The number of hydrazone groups is 1. The van der Waals surface area contributed by atoms with Gasteiger partial charge in [-0.05, 0) is 48.9 Å². The molecule has 1 N–H and O–H groups in total. The van der Waals surface area contributed by atoms with Gasteiger partial charge >= 0.3 is 5.63 Å². The molecular weight excluding hydrogens is 320 g/mol. The zero-order valence-corrected chi connectivity index (χ0v) is 13.6. The number of nitrogens with one attached hydrogen (secondary N) is 1. The Bertz CT molecular complexity index is 975.